The van der Waals surface area contributed by atoms with E-state index in [0.717, 1.165) is 0 Å². The van der Waals surface area contributed by atoms with Crippen molar-refractivity contribution in [2.45, 2.75) is 0 Å². The zero-order chi connectivity index (χ0) is 17.1. The van der Waals surface area contributed by atoms with Crippen molar-refractivity contribution in [1.82, 2.24) is 0 Å². The zero-order valence-electron chi connectivity index (χ0n) is 13.1. The van der Waals surface area contributed by atoms with Crippen LogP contribution in [0.3, 0.4) is 0 Å². The molecule has 0 fully saturated rings. The third-order valence-electron chi connectivity index (χ3n) is 3.71. The fraction of sp³-hybridized carbons (Fsp3) is 0.100. The van der Waals surface area contributed by atoms with Gasteiger partial charge in [-0.25, -0.2) is 0 Å². The highest BCUT2D eigenvalue weighted by Crippen LogP contribution is 2.37. The molecule has 0 bridgehead atoms. The summed E-state index contributed by atoms with van der Waals surface area (Å²) >= 11 is 0. The van der Waals surface area contributed by atoms with Crippen molar-refractivity contribution in [3.63, 3.8) is 0 Å². The quantitative estimate of drug-likeness (QED) is 0.651. The maximum atomic E-state index is 12.9. The highest BCUT2D eigenvalue weighted by atomic mass is 16.5. The second-order valence-electron chi connectivity index (χ2n) is 5.22. The molecule has 0 saturated heterocycles. The van der Waals surface area contributed by atoms with Gasteiger partial charge in [0.2, 0.25) is 0 Å². The van der Waals surface area contributed by atoms with Crippen molar-refractivity contribution in [1.29, 1.82) is 0 Å². The lowest BCUT2D eigenvalue weighted by atomic mass is 9.83. The Kier molecular flexibility index (Phi) is 4.29. The van der Waals surface area contributed by atoms with Crippen LogP contribution in [0.4, 0.5) is 0 Å². The molecule has 0 heterocycles. The van der Waals surface area contributed by atoms with Crippen LogP contribution in [0.25, 0.3) is 0 Å². The summed E-state index contributed by atoms with van der Waals surface area (Å²) in [5.74, 6) is 0.272. The Morgan fingerprint density at radius 3 is 1.54 bits per heavy atom. The molecular weight excluding hydrogens is 304 g/mol. The zero-order valence-corrected chi connectivity index (χ0v) is 13.1. The standard InChI is InChI=1S/C20H16O4/c1-3-11-23-15-9-5-7-13-17(15)19(21)14-8-6-10-16(24-12-4-2)18(14)20(13)22/h3-10H,1-2,11-12H2. The van der Waals surface area contributed by atoms with Crippen LogP contribution >= 0.6 is 0 Å². The van der Waals surface area contributed by atoms with E-state index >= 15 is 0 Å². The normalized spacial score (nSPS) is 12.2. The molecule has 4 nitrogen and oxygen atoms in total. The van der Waals surface area contributed by atoms with E-state index in [4.69, 9.17) is 9.47 Å². The Balaban J connectivity index is 2.15. The lowest BCUT2D eigenvalue weighted by molar-refractivity contribution is 0.0973. The van der Waals surface area contributed by atoms with Crippen LogP contribution in [0.2, 0.25) is 0 Å². The topological polar surface area (TPSA) is 52.6 Å². The van der Waals surface area contributed by atoms with E-state index in [-0.39, 0.29) is 35.9 Å². The van der Waals surface area contributed by atoms with Crippen LogP contribution in [0, 0.1) is 0 Å². The summed E-state index contributed by atoms with van der Waals surface area (Å²) in [7, 11) is 0. The second kappa shape index (κ2) is 6.54. The first-order valence-corrected chi connectivity index (χ1v) is 7.51. The molecule has 0 saturated carbocycles. The van der Waals surface area contributed by atoms with Gasteiger partial charge in [-0.2, -0.15) is 0 Å². The van der Waals surface area contributed by atoms with Gasteiger partial charge >= 0.3 is 0 Å². The van der Waals surface area contributed by atoms with Gasteiger partial charge in [-0.15, -0.1) is 0 Å². The van der Waals surface area contributed by atoms with Gasteiger partial charge in [0, 0.05) is 11.1 Å². The summed E-state index contributed by atoms with van der Waals surface area (Å²) in [5, 5.41) is 0. The highest BCUT2D eigenvalue weighted by Gasteiger charge is 2.34. The van der Waals surface area contributed by atoms with Crippen molar-refractivity contribution in [3.8, 4) is 11.5 Å². The van der Waals surface area contributed by atoms with Crippen LogP contribution in [-0.4, -0.2) is 24.8 Å². The molecule has 0 N–H and O–H groups in total. The van der Waals surface area contributed by atoms with Crippen LogP contribution < -0.4 is 9.47 Å². The van der Waals surface area contributed by atoms with E-state index in [1.54, 1.807) is 48.6 Å². The van der Waals surface area contributed by atoms with Crippen molar-refractivity contribution in [2.75, 3.05) is 13.2 Å². The van der Waals surface area contributed by atoms with Gasteiger partial charge in [0.1, 0.15) is 24.7 Å². The summed E-state index contributed by atoms with van der Waals surface area (Å²) in [6.07, 6.45) is 3.17. The first kappa shape index (κ1) is 15.7. The SMILES string of the molecule is C=CCOc1cccc2c1C(=O)c1cccc(OCC=C)c1C2=O. The molecule has 120 valence electrons. The van der Waals surface area contributed by atoms with E-state index < -0.39 is 0 Å². The molecule has 2 aromatic rings. The predicted octanol–water partition coefficient (Wildman–Crippen LogP) is 3.59. The number of ether oxygens (including phenoxy) is 2. The van der Waals surface area contributed by atoms with E-state index in [9.17, 15) is 9.59 Å². The smallest absolute Gasteiger partial charge is 0.198 e. The van der Waals surface area contributed by atoms with Gasteiger partial charge in [-0.1, -0.05) is 49.6 Å². The number of carbonyl (C=O) groups is 2. The molecule has 1 aliphatic rings. The van der Waals surface area contributed by atoms with Crippen LogP contribution in [0.5, 0.6) is 11.5 Å². The van der Waals surface area contributed by atoms with Crippen molar-refractivity contribution >= 4 is 11.6 Å². The number of ketones is 2. The summed E-state index contributed by atoms with van der Waals surface area (Å²) in [4.78, 5) is 25.9. The monoisotopic (exact) mass is 320 g/mol. The average Bonchev–Trinajstić information content (AvgIpc) is 2.62. The van der Waals surface area contributed by atoms with Gasteiger partial charge < -0.3 is 9.47 Å². The maximum Gasteiger partial charge on any atom is 0.198 e. The molecule has 0 aromatic heterocycles. The van der Waals surface area contributed by atoms with Crippen LogP contribution in [0.15, 0.2) is 61.7 Å². The Hall–Kier alpha value is -3.14. The predicted molar refractivity (Wildman–Crippen MR) is 91.1 cm³/mol. The second-order valence-corrected chi connectivity index (χ2v) is 5.22. The number of fused-ring (bicyclic) bond motifs is 2. The molecule has 0 atom stereocenters. The number of rotatable bonds is 6. The molecule has 0 aliphatic heterocycles. The van der Waals surface area contributed by atoms with Crippen molar-refractivity contribution < 1.29 is 19.1 Å². The minimum atomic E-state index is -0.247. The molecular formula is C20H16O4. The van der Waals surface area contributed by atoms with Gasteiger partial charge in [-0.3, -0.25) is 9.59 Å². The third-order valence-corrected chi connectivity index (χ3v) is 3.71. The molecule has 24 heavy (non-hydrogen) atoms. The first-order valence-electron chi connectivity index (χ1n) is 7.51. The molecule has 4 heteroatoms. The first-order chi connectivity index (χ1) is 11.7. The molecule has 0 radical (unpaired) electrons. The van der Waals surface area contributed by atoms with Gasteiger partial charge in [0.05, 0.1) is 11.1 Å². The van der Waals surface area contributed by atoms with Crippen molar-refractivity contribution in [3.05, 3.63) is 84.0 Å². The molecule has 0 amide bonds. The molecule has 3 rings (SSSR count). The molecule has 0 spiro atoms. The Morgan fingerprint density at radius 2 is 1.17 bits per heavy atom. The van der Waals surface area contributed by atoms with E-state index in [1.165, 1.54) is 0 Å². The fourth-order valence-electron chi connectivity index (χ4n) is 2.72. The third kappa shape index (κ3) is 2.52. The molecule has 1 aliphatic carbocycles. The minimum Gasteiger partial charge on any atom is -0.489 e. The number of hydrogen-bond acceptors (Lipinski definition) is 4. The van der Waals surface area contributed by atoms with Gasteiger partial charge in [0.25, 0.3) is 0 Å². The Bertz CT molecular complexity index is 777. The lowest BCUT2D eigenvalue weighted by Crippen LogP contribution is -2.23. The fourth-order valence-corrected chi connectivity index (χ4v) is 2.72. The summed E-state index contributed by atoms with van der Waals surface area (Å²) < 4.78 is 11.1. The minimum absolute atomic E-state index is 0.247. The van der Waals surface area contributed by atoms with E-state index in [2.05, 4.69) is 13.2 Å². The number of carbonyl (C=O) groups excluding carboxylic acids is 2. The van der Waals surface area contributed by atoms with E-state index in [0.29, 0.717) is 22.6 Å². The number of hydrogen-bond donors (Lipinski definition) is 0. The Labute approximate surface area is 140 Å². The average molecular weight is 320 g/mol. The summed E-state index contributed by atoms with van der Waals surface area (Å²) in [6, 6.07) is 10.0. The van der Waals surface area contributed by atoms with Crippen molar-refractivity contribution in [2.24, 2.45) is 0 Å². The van der Waals surface area contributed by atoms with Gasteiger partial charge in [-0.05, 0) is 12.1 Å². The van der Waals surface area contributed by atoms with Crippen LogP contribution in [-0.2, 0) is 0 Å². The lowest BCUT2D eigenvalue weighted by Gasteiger charge is -2.21. The maximum absolute atomic E-state index is 12.9. The van der Waals surface area contributed by atoms with Crippen LogP contribution in [0.1, 0.15) is 31.8 Å². The molecule has 2 aromatic carbocycles. The van der Waals surface area contributed by atoms with Gasteiger partial charge in [0.15, 0.2) is 11.6 Å². The summed E-state index contributed by atoms with van der Waals surface area (Å²) in [5.41, 5.74) is 1.22. The summed E-state index contributed by atoms with van der Waals surface area (Å²) in [6.45, 7) is 7.71. The molecule has 0 unspecified atom stereocenters. The highest BCUT2D eigenvalue weighted by molar-refractivity contribution is 6.30. The Morgan fingerprint density at radius 1 is 0.750 bits per heavy atom. The van der Waals surface area contributed by atoms with E-state index in [1.807, 2.05) is 0 Å². The number of benzene rings is 2. The largest absolute Gasteiger partial charge is 0.489 e.